The third kappa shape index (κ3) is 8.63. The number of methoxy groups -OCH3 is 3. The van der Waals surface area contributed by atoms with Crippen molar-refractivity contribution in [1.82, 2.24) is 10.5 Å². The predicted molar refractivity (Wildman–Crippen MR) is 202 cm³/mol. The van der Waals surface area contributed by atoms with Gasteiger partial charge in [0.1, 0.15) is 23.4 Å². The van der Waals surface area contributed by atoms with Crippen molar-refractivity contribution < 1.29 is 53.4 Å². The Hall–Kier alpha value is -5.80. The number of amides is 1. The van der Waals surface area contributed by atoms with Crippen LogP contribution in [0.1, 0.15) is 63.6 Å². The summed E-state index contributed by atoms with van der Waals surface area (Å²) in [6.45, 7) is -0.307. The fraction of sp³-hybridized carbons (Fsp3) is 0.317. The van der Waals surface area contributed by atoms with E-state index >= 15 is 0 Å². The fourth-order valence-electron chi connectivity index (χ4n) is 6.45. The van der Waals surface area contributed by atoms with Crippen LogP contribution in [0, 0.1) is 0 Å². The van der Waals surface area contributed by atoms with Crippen molar-refractivity contribution in [3.05, 3.63) is 100 Å². The molecule has 0 saturated carbocycles. The van der Waals surface area contributed by atoms with Gasteiger partial charge in [-0.1, -0.05) is 11.2 Å². The van der Waals surface area contributed by atoms with Crippen LogP contribution in [0.15, 0.2) is 71.3 Å². The second-order valence-corrected chi connectivity index (χ2v) is 12.8. The molecule has 0 bridgehead atoms. The third-order valence-corrected chi connectivity index (χ3v) is 9.41. The molecule has 1 aliphatic heterocycles. The second-order valence-electron chi connectivity index (χ2n) is 12.8. The Labute approximate surface area is 318 Å². The normalized spacial score (nSPS) is 13.4. The zero-order chi connectivity index (χ0) is 38.9. The first-order valence-electron chi connectivity index (χ1n) is 17.8. The highest BCUT2D eigenvalue weighted by molar-refractivity contribution is 6.02. The SMILES string of the molecule is COc1ccc2c(c1)C(=O)NC(c1ccc(OCCCCCOc3c(OC)cc(-c4cc(-c5cc(CO)c(CO)c(CO)c5)on4)cc3OC)c(CO)c1)N2. The Bertz CT molecular complexity index is 2070. The van der Waals surface area contributed by atoms with Gasteiger partial charge in [0, 0.05) is 28.4 Å². The Morgan fingerprint density at radius 3 is 2.00 bits per heavy atom. The maximum Gasteiger partial charge on any atom is 0.255 e. The van der Waals surface area contributed by atoms with Gasteiger partial charge >= 0.3 is 0 Å². The van der Waals surface area contributed by atoms with E-state index in [2.05, 4.69) is 15.8 Å². The van der Waals surface area contributed by atoms with Crippen LogP contribution in [0.3, 0.4) is 0 Å². The number of benzene rings is 4. The summed E-state index contributed by atoms with van der Waals surface area (Å²) in [5.74, 6) is 2.72. The molecule has 1 unspecified atom stereocenters. The van der Waals surface area contributed by atoms with E-state index in [1.165, 1.54) is 14.2 Å². The minimum Gasteiger partial charge on any atom is -0.497 e. The van der Waals surface area contributed by atoms with Crippen LogP contribution in [-0.2, 0) is 26.4 Å². The number of anilines is 1. The lowest BCUT2D eigenvalue weighted by molar-refractivity contribution is 0.0935. The molecule has 14 nitrogen and oxygen atoms in total. The third-order valence-electron chi connectivity index (χ3n) is 9.41. The second kappa shape index (κ2) is 18.0. The molecule has 290 valence electrons. The average Bonchev–Trinajstić information content (AvgIpc) is 3.73. The molecule has 5 aromatic rings. The summed E-state index contributed by atoms with van der Waals surface area (Å²) in [4.78, 5) is 12.8. The lowest BCUT2D eigenvalue weighted by atomic mass is 9.97. The Morgan fingerprint density at radius 1 is 0.673 bits per heavy atom. The quantitative estimate of drug-likeness (QED) is 0.0616. The standard InChI is InChI=1S/C41H45N3O11/c1-50-30-8-9-33-31(18-30)41(49)43-40(42-33)24-7-10-35(29(13-24)22-47)53-11-5-4-6-12-54-39-37(51-2)16-25(17-38(39)52-3)34-19-36(55-44-34)26-14-27(20-45)32(23-48)28(15-26)21-46/h7-10,13-19,40,42,45-48H,4-6,11-12,20-23H2,1-3H3,(H,43,49). The number of hydrogen-bond acceptors (Lipinski definition) is 13. The number of aromatic nitrogens is 1. The highest BCUT2D eigenvalue weighted by Crippen LogP contribution is 2.42. The van der Waals surface area contributed by atoms with E-state index in [9.17, 15) is 25.2 Å². The highest BCUT2D eigenvalue weighted by atomic mass is 16.5. The number of aliphatic hydroxyl groups is 4. The van der Waals surface area contributed by atoms with Crippen molar-refractivity contribution in [2.24, 2.45) is 0 Å². The molecule has 0 spiro atoms. The number of nitrogens with one attached hydrogen (secondary N) is 2. The smallest absolute Gasteiger partial charge is 0.255 e. The predicted octanol–water partition coefficient (Wildman–Crippen LogP) is 5.49. The summed E-state index contributed by atoms with van der Waals surface area (Å²) in [6.07, 6.45) is 1.83. The monoisotopic (exact) mass is 755 g/mol. The van der Waals surface area contributed by atoms with Gasteiger partial charge in [0.05, 0.1) is 66.5 Å². The van der Waals surface area contributed by atoms with Gasteiger partial charge < -0.3 is 59.3 Å². The van der Waals surface area contributed by atoms with E-state index in [-0.39, 0.29) is 32.3 Å². The van der Waals surface area contributed by atoms with Crippen molar-refractivity contribution in [2.75, 3.05) is 39.9 Å². The molecule has 0 saturated heterocycles. The Morgan fingerprint density at radius 2 is 1.36 bits per heavy atom. The minimum atomic E-state index is -0.471. The van der Waals surface area contributed by atoms with Crippen LogP contribution in [0.5, 0.6) is 28.7 Å². The van der Waals surface area contributed by atoms with Crippen LogP contribution in [0.4, 0.5) is 5.69 Å². The van der Waals surface area contributed by atoms with Crippen molar-refractivity contribution in [2.45, 2.75) is 51.9 Å². The van der Waals surface area contributed by atoms with Crippen molar-refractivity contribution >= 4 is 11.6 Å². The lowest BCUT2D eigenvalue weighted by Gasteiger charge is -2.29. The number of nitrogens with zero attached hydrogens (tertiary/aromatic N) is 1. The lowest BCUT2D eigenvalue weighted by Crippen LogP contribution is -2.38. The maximum atomic E-state index is 12.8. The van der Waals surface area contributed by atoms with Crippen molar-refractivity contribution in [1.29, 1.82) is 0 Å². The van der Waals surface area contributed by atoms with Gasteiger partial charge in [-0.2, -0.15) is 0 Å². The van der Waals surface area contributed by atoms with Crippen LogP contribution in [-0.4, -0.2) is 66.0 Å². The molecule has 1 aliphatic rings. The number of ether oxygens (including phenoxy) is 5. The molecule has 0 radical (unpaired) electrons. The molecule has 0 fully saturated rings. The van der Waals surface area contributed by atoms with Gasteiger partial charge in [-0.25, -0.2) is 0 Å². The Kier molecular flexibility index (Phi) is 12.7. The number of fused-ring (bicyclic) bond motifs is 1. The fourth-order valence-corrected chi connectivity index (χ4v) is 6.45. The first-order valence-corrected chi connectivity index (χ1v) is 17.8. The van der Waals surface area contributed by atoms with Crippen molar-refractivity contribution in [3.63, 3.8) is 0 Å². The van der Waals surface area contributed by atoms with Gasteiger partial charge in [0.15, 0.2) is 17.3 Å². The first kappa shape index (κ1) is 38.9. The summed E-state index contributed by atoms with van der Waals surface area (Å²) in [6, 6.07) is 19.4. The van der Waals surface area contributed by atoms with Crippen LogP contribution in [0.25, 0.3) is 22.6 Å². The van der Waals surface area contributed by atoms with Crippen LogP contribution >= 0.6 is 0 Å². The van der Waals surface area contributed by atoms with Gasteiger partial charge in [-0.3, -0.25) is 4.79 Å². The molecule has 2 heterocycles. The van der Waals surface area contributed by atoms with E-state index < -0.39 is 6.17 Å². The van der Waals surface area contributed by atoms with E-state index in [1.54, 1.807) is 55.6 Å². The number of rotatable bonds is 18. The van der Waals surface area contributed by atoms with E-state index in [0.29, 0.717) is 98.0 Å². The molecule has 1 aromatic heterocycles. The summed E-state index contributed by atoms with van der Waals surface area (Å²) in [7, 11) is 4.63. The summed E-state index contributed by atoms with van der Waals surface area (Å²) in [5, 5.41) is 49.9. The first-order chi connectivity index (χ1) is 26.8. The van der Waals surface area contributed by atoms with Crippen molar-refractivity contribution in [3.8, 4) is 51.3 Å². The van der Waals surface area contributed by atoms with E-state index in [4.69, 9.17) is 28.2 Å². The molecular weight excluding hydrogens is 710 g/mol. The zero-order valence-electron chi connectivity index (χ0n) is 30.9. The molecular formula is C41H45N3O11. The zero-order valence-corrected chi connectivity index (χ0v) is 30.9. The Balaban J connectivity index is 1.02. The van der Waals surface area contributed by atoms with E-state index in [0.717, 1.165) is 24.8 Å². The van der Waals surface area contributed by atoms with Gasteiger partial charge in [0.25, 0.3) is 5.91 Å². The van der Waals surface area contributed by atoms with Crippen LogP contribution in [0.2, 0.25) is 0 Å². The summed E-state index contributed by atoms with van der Waals surface area (Å²) >= 11 is 0. The molecule has 0 aliphatic carbocycles. The molecule has 4 aromatic carbocycles. The molecule has 14 heteroatoms. The van der Waals surface area contributed by atoms with Gasteiger partial charge in [-0.15, -0.1) is 0 Å². The number of hydrogen-bond donors (Lipinski definition) is 6. The number of carbonyl (C=O) groups excluding carboxylic acids is 1. The van der Waals surface area contributed by atoms with Gasteiger partial charge in [0.2, 0.25) is 5.75 Å². The van der Waals surface area contributed by atoms with E-state index in [1.807, 2.05) is 18.2 Å². The number of unbranched alkanes of at least 4 members (excludes halogenated alkanes) is 2. The largest absolute Gasteiger partial charge is 0.497 e. The molecule has 6 rings (SSSR count). The van der Waals surface area contributed by atoms with Gasteiger partial charge in [-0.05, 0) is 96.1 Å². The minimum absolute atomic E-state index is 0.219. The number of carbonyl (C=O) groups is 1. The number of aliphatic hydroxyl groups excluding tert-OH is 4. The molecule has 1 atom stereocenters. The molecule has 55 heavy (non-hydrogen) atoms. The molecule has 6 N–H and O–H groups in total. The average molecular weight is 756 g/mol. The highest BCUT2D eigenvalue weighted by Gasteiger charge is 2.26. The van der Waals surface area contributed by atoms with Crippen LogP contribution < -0.4 is 34.3 Å². The summed E-state index contributed by atoms with van der Waals surface area (Å²) < 4.78 is 34.3. The molecule has 1 amide bonds. The summed E-state index contributed by atoms with van der Waals surface area (Å²) in [5.41, 5.74) is 5.80. The maximum absolute atomic E-state index is 12.8. The topological polar surface area (TPSA) is 194 Å².